The van der Waals surface area contributed by atoms with Gasteiger partial charge in [-0.1, -0.05) is 19.9 Å². The fourth-order valence-electron chi connectivity index (χ4n) is 7.51. The summed E-state index contributed by atoms with van der Waals surface area (Å²) in [6.45, 7) is 4.92. The van der Waals surface area contributed by atoms with E-state index in [1.807, 2.05) is 36.5 Å². The monoisotopic (exact) mass is 380 g/mol. The summed E-state index contributed by atoms with van der Waals surface area (Å²) >= 11 is 0. The first-order chi connectivity index (χ1) is 13.4. The molecule has 1 N–H and O–H groups in total. The van der Waals surface area contributed by atoms with Gasteiger partial charge in [0.2, 0.25) is 11.9 Å². The number of carbonyl (C=O) groups excluding carboxylic acids is 1. The molecule has 3 fully saturated rings. The van der Waals surface area contributed by atoms with Crippen molar-refractivity contribution in [1.29, 1.82) is 0 Å². The third-order valence-corrected chi connectivity index (χ3v) is 9.00. The van der Waals surface area contributed by atoms with E-state index in [0.29, 0.717) is 23.4 Å². The Morgan fingerprint density at radius 3 is 2.64 bits per heavy atom. The van der Waals surface area contributed by atoms with Gasteiger partial charge in [0.05, 0.1) is 0 Å². The maximum Gasteiger partial charge on any atom is 0.246 e. The zero-order valence-electron chi connectivity index (χ0n) is 17.3. The van der Waals surface area contributed by atoms with E-state index in [1.54, 1.807) is 0 Å². The van der Waals surface area contributed by atoms with Crippen LogP contribution in [0.25, 0.3) is 0 Å². The molecule has 0 spiro atoms. The van der Waals surface area contributed by atoms with Crippen molar-refractivity contribution in [2.75, 3.05) is 12.4 Å². The van der Waals surface area contributed by atoms with Crippen molar-refractivity contribution in [3.05, 3.63) is 30.6 Å². The lowest BCUT2D eigenvalue weighted by molar-refractivity contribution is -0.138. The number of hydrogen-bond donors (Lipinski definition) is 1. The molecule has 0 bridgehead atoms. The Hall–Kier alpha value is -1.91. The van der Waals surface area contributed by atoms with Gasteiger partial charge in [0.1, 0.15) is 0 Å². The molecule has 3 saturated carbocycles. The van der Waals surface area contributed by atoms with E-state index in [2.05, 4.69) is 35.2 Å². The van der Waals surface area contributed by atoms with Crippen LogP contribution in [0.3, 0.4) is 0 Å². The molecule has 5 rings (SSSR count). The number of carbonyl (C=O) groups is 1. The minimum Gasteiger partial charge on any atom is -0.351 e. The molecule has 2 unspecified atom stereocenters. The van der Waals surface area contributed by atoms with E-state index in [1.165, 1.54) is 32.1 Å². The molecule has 0 radical (unpaired) electrons. The van der Waals surface area contributed by atoms with Crippen molar-refractivity contribution in [2.45, 2.75) is 64.5 Å². The number of nitrogens with zero attached hydrogens (tertiary/aromatic N) is 3. The van der Waals surface area contributed by atoms with E-state index in [-0.39, 0.29) is 11.3 Å². The van der Waals surface area contributed by atoms with Gasteiger partial charge < -0.3 is 10.2 Å². The Labute approximate surface area is 168 Å². The van der Waals surface area contributed by atoms with E-state index >= 15 is 0 Å². The summed E-state index contributed by atoms with van der Waals surface area (Å²) in [6.07, 6.45) is 15.1. The van der Waals surface area contributed by atoms with Gasteiger partial charge in [0.25, 0.3) is 0 Å². The van der Waals surface area contributed by atoms with Crippen molar-refractivity contribution in [3.8, 4) is 0 Å². The van der Waals surface area contributed by atoms with Gasteiger partial charge in [-0.3, -0.25) is 4.79 Å². The lowest BCUT2D eigenvalue weighted by Crippen LogP contribution is -2.60. The predicted octanol–water partition coefficient (Wildman–Crippen LogP) is 3.90. The third-order valence-electron chi connectivity index (χ3n) is 9.00. The first-order valence-electron chi connectivity index (χ1n) is 10.9. The Balaban J connectivity index is 1.41. The number of aromatic nitrogens is 2. The van der Waals surface area contributed by atoms with Gasteiger partial charge in [-0.05, 0) is 73.8 Å². The summed E-state index contributed by atoms with van der Waals surface area (Å²) in [5.74, 6) is 3.14. The zero-order valence-corrected chi connectivity index (χ0v) is 17.3. The minimum atomic E-state index is 0.126. The van der Waals surface area contributed by atoms with Gasteiger partial charge in [-0.2, -0.15) is 0 Å². The molecule has 2 heterocycles. The number of likely N-dealkylation sites (N-methyl/N-ethyl adjacent to an activating group) is 1. The molecule has 5 nitrogen and oxygen atoms in total. The van der Waals surface area contributed by atoms with Crippen molar-refractivity contribution in [2.24, 2.45) is 28.6 Å². The van der Waals surface area contributed by atoms with Crippen molar-refractivity contribution in [3.63, 3.8) is 0 Å². The lowest BCUT2D eigenvalue weighted by Gasteiger charge is -2.60. The minimum absolute atomic E-state index is 0.126. The summed E-state index contributed by atoms with van der Waals surface area (Å²) in [4.78, 5) is 23.0. The normalized spacial score (nSPS) is 44.6. The van der Waals surface area contributed by atoms with Crippen LogP contribution in [0.2, 0.25) is 0 Å². The number of hydrogen-bond acceptors (Lipinski definition) is 4. The van der Waals surface area contributed by atoms with Crippen LogP contribution in [-0.4, -0.2) is 39.9 Å². The molecular weight excluding hydrogens is 348 g/mol. The van der Waals surface area contributed by atoms with Gasteiger partial charge in [0.15, 0.2) is 0 Å². The molecule has 150 valence electrons. The fraction of sp³-hybridized carbons (Fsp3) is 0.696. The largest absolute Gasteiger partial charge is 0.351 e. The van der Waals surface area contributed by atoms with Crippen LogP contribution in [0.15, 0.2) is 30.6 Å². The zero-order chi connectivity index (χ0) is 19.5. The van der Waals surface area contributed by atoms with Gasteiger partial charge in [0, 0.05) is 36.9 Å². The second-order valence-electron chi connectivity index (χ2n) is 10.0. The topological polar surface area (TPSA) is 58.1 Å². The van der Waals surface area contributed by atoms with Gasteiger partial charge in [-0.15, -0.1) is 0 Å². The van der Waals surface area contributed by atoms with Crippen molar-refractivity contribution in [1.82, 2.24) is 14.9 Å². The van der Waals surface area contributed by atoms with Crippen LogP contribution in [0.4, 0.5) is 5.95 Å². The smallest absolute Gasteiger partial charge is 0.246 e. The highest BCUT2D eigenvalue weighted by Gasteiger charge is 2.60. The lowest BCUT2D eigenvalue weighted by atomic mass is 9.48. The van der Waals surface area contributed by atoms with Crippen LogP contribution < -0.4 is 5.32 Å². The summed E-state index contributed by atoms with van der Waals surface area (Å²) in [6, 6.07) is 2.69. The van der Waals surface area contributed by atoms with Crippen LogP contribution >= 0.6 is 0 Å². The predicted molar refractivity (Wildman–Crippen MR) is 110 cm³/mol. The average Bonchev–Trinajstić information content (AvgIpc) is 3.02. The molecule has 1 aromatic heterocycles. The number of amides is 1. The molecule has 1 aliphatic heterocycles. The van der Waals surface area contributed by atoms with E-state index in [0.717, 1.165) is 24.2 Å². The standard InChI is InChI=1S/C23H32N4O/c1-22-11-9-17-15(5-8-19-23(17,2)12-10-20(28)27(19)3)16(22)6-7-18(22)26-21-24-13-4-14-25-21/h4,10,12-19H,5-9,11H2,1-3H3,(H,24,25,26)/t15-,16-,17+,18?,19?,22-,23+/m0/s1. The van der Waals surface area contributed by atoms with E-state index in [9.17, 15) is 4.79 Å². The van der Waals surface area contributed by atoms with Gasteiger partial charge >= 0.3 is 0 Å². The quantitative estimate of drug-likeness (QED) is 0.845. The summed E-state index contributed by atoms with van der Waals surface area (Å²) in [7, 11) is 2.00. The van der Waals surface area contributed by atoms with Crippen LogP contribution in [-0.2, 0) is 4.79 Å². The van der Waals surface area contributed by atoms with Crippen molar-refractivity contribution >= 4 is 11.9 Å². The SMILES string of the molecule is CN1C(=O)C=C[C@@]2(C)C1CC[C@@H]1[C@H]2CC[C@]2(C)C(Nc3ncccn3)CC[C@@H]12. The molecular formula is C23H32N4O. The first kappa shape index (κ1) is 18.1. The Morgan fingerprint density at radius 1 is 1.07 bits per heavy atom. The summed E-state index contributed by atoms with van der Waals surface area (Å²) < 4.78 is 0. The average molecular weight is 381 g/mol. The first-order valence-corrected chi connectivity index (χ1v) is 10.9. The highest BCUT2D eigenvalue weighted by molar-refractivity contribution is 5.89. The fourth-order valence-corrected chi connectivity index (χ4v) is 7.51. The van der Waals surface area contributed by atoms with E-state index in [4.69, 9.17) is 0 Å². The molecule has 1 aromatic rings. The molecule has 7 atom stereocenters. The van der Waals surface area contributed by atoms with Crippen molar-refractivity contribution < 1.29 is 4.79 Å². The Bertz CT molecular complexity index is 795. The number of nitrogens with one attached hydrogen (secondary N) is 1. The van der Waals surface area contributed by atoms with E-state index < -0.39 is 0 Å². The molecule has 4 aliphatic rings. The number of rotatable bonds is 2. The summed E-state index contributed by atoms with van der Waals surface area (Å²) in [5.41, 5.74) is 0.435. The second-order valence-corrected chi connectivity index (χ2v) is 10.0. The Kier molecular flexibility index (Phi) is 4.08. The second kappa shape index (κ2) is 6.30. The summed E-state index contributed by atoms with van der Waals surface area (Å²) in [5, 5.41) is 3.67. The number of fused-ring (bicyclic) bond motifs is 5. The maximum absolute atomic E-state index is 12.2. The van der Waals surface area contributed by atoms with Gasteiger partial charge in [-0.25, -0.2) is 9.97 Å². The molecule has 5 heteroatoms. The molecule has 28 heavy (non-hydrogen) atoms. The molecule has 0 saturated heterocycles. The molecule has 3 aliphatic carbocycles. The molecule has 1 amide bonds. The number of anilines is 1. The van der Waals surface area contributed by atoms with Crippen LogP contribution in [0.1, 0.15) is 52.4 Å². The highest BCUT2D eigenvalue weighted by atomic mass is 16.2. The Morgan fingerprint density at radius 2 is 1.86 bits per heavy atom. The van der Waals surface area contributed by atoms with Crippen LogP contribution in [0.5, 0.6) is 0 Å². The third kappa shape index (κ3) is 2.47. The van der Waals surface area contributed by atoms with Crippen LogP contribution in [0, 0.1) is 28.6 Å². The molecule has 0 aromatic carbocycles. The maximum atomic E-state index is 12.2. The highest BCUT2D eigenvalue weighted by Crippen LogP contribution is 2.64.